The lowest BCUT2D eigenvalue weighted by Crippen LogP contribution is -2.24. The van der Waals surface area contributed by atoms with Crippen LogP contribution < -0.4 is 5.73 Å². The van der Waals surface area contributed by atoms with Gasteiger partial charge >= 0.3 is 0 Å². The first-order valence-corrected chi connectivity index (χ1v) is 6.49. The standard InChI is InChI=1S/C14H19F2NO/c15-12-7-6-10(8-13(12)16)14(17)9-18-11-4-2-1-3-5-11/h6-8,11,14H,1-5,9,17H2. The van der Waals surface area contributed by atoms with Gasteiger partial charge in [-0.05, 0) is 30.5 Å². The van der Waals surface area contributed by atoms with Crippen LogP contribution in [-0.4, -0.2) is 12.7 Å². The van der Waals surface area contributed by atoms with Gasteiger partial charge in [-0.15, -0.1) is 0 Å². The van der Waals surface area contributed by atoms with Crippen molar-refractivity contribution in [3.05, 3.63) is 35.4 Å². The molecular weight excluding hydrogens is 236 g/mol. The van der Waals surface area contributed by atoms with E-state index in [1.165, 1.54) is 25.3 Å². The summed E-state index contributed by atoms with van der Waals surface area (Å²) in [7, 11) is 0. The molecule has 1 fully saturated rings. The molecule has 0 saturated heterocycles. The molecule has 1 aromatic rings. The highest BCUT2D eigenvalue weighted by molar-refractivity contribution is 5.20. The first-order chi connectivity index (χ1) is 8.66. The van der Waals surface area contributed by atoms with Crippen molar-refractivity contribution in [3.8, 4) is 0 Å². The number of hydrogen-bond acceptors (Lipinski definition) is 2. The molecule has 0 aromatic heterocycles. The molecule has 100 valence electrons. The Balaban J connectivity index is 1.86. The van der Waals surface area contributed by atoms with Gasteiger partial charge in [0.25, 0.3) is 0 Å². The van der Waals surface area contributed by atoms with Crippen molar-refractivity contribution in [2.45, 2.75) is 44.2 Å². The van der Waals surface area contributed by atoms with Crippen molar-refractivity contribution in [2.75, 3.05) is 6.61 Å². The topological polar surface area (TPSA) is 35.2 Å². The Morgan fingerprint density at radius 2 is 1.89 bits per heavy atom. The number of halogens is 2. The maximum Gasteiger partial charge on any atom is 0.159 e. The number of rotatable bonds is 4. The quantitative estimate of drug-likeness (QED) is 0.895. The first kappa shape index (κ1) is 13.4. The molecule has 0 radical (unpaired) electrons. The molecule has 4 heteroatoms. The highest BCUT2D eigenvalue weighted by Crippen LogP contribution is 2.22. The zero-order valence-corrected chi connectivity index (χ0v) is 10.4. The number of benzene rings is 1. The molecule has 1 aromatic carbocycles. The molecule has 18 heavy (non-hydrogen) atoms. The molecule has 1 aliphatic rings. The molecule has 0 amide bonds. The third kappa shape index (κ3) is 3.50. The monoisotopic (exact) mass is 255 g/mol. The lowest BCUT2D eigenvalue weighted by molar-refractivity contribution is 0.0206. The van der Waals surface area contributed by atoms with E-state index in [9.17, 15) is 8.78 Å². The van der Waals surface area contributed by atoms with Gasteiger partial charge < -0.3 is 10.5 Å². The van der Waals surface area contributed by atoms with Gasteiger partial charge in [-0.25, -0.2) is 8.78 Å². The van der Waals surface area contributed by atoms with Crippen molar-refractivity contribution in [1.82, 2.24) is 0 Å². The van der Waals surface area contributed by atoms with Crippen molar-refractivity contribution < 1.29 is 13.5 Å². The maximum absolute atomic E-state index is 13.1. The summed E-state index contributed by atoms with van der Waals surface area (Å²) < 4.78 is 31.6. The van der Waals surface area contributed by atoms with E-state index in [1.807, 2.05) is 0 Å². The summed E-state index contributed by atoms with van der Waals surface area (Å²) in [5.74, 6) is -1.71. The average Bonchev–Trinajstić information content (AvgIpc) is 2.40. The van der Waals surface area contributed by atoms with Crippen LogP contribution in [0.15, 0.2) is 18.2 Å². The zero-order chi connectivity index (χ0) is 13.0. The number of nitrogens with two attached hydrogens (primary N) is 1. The van der Waals surface area contributed by atoms with Gasteiger partial charge in [0, 0.05) is 0 Å². The smallest absolute Gasteiger partial charge is 0.159 e. The second kappa shape index (κ2) is 6.25. The zero-order valence-electron chi connectivity index (χ0n) is 10.4. The Labute approximate surface area is 106 Å². The van der Waals surface area contributed by atoms with Crippen LogP contribution in [0.2, 0.25) is 0 Å². The van der Waals surface area contributed by atoms with Crippen LogP contribution in [0.1, 0.15) is 43.7 Å². The number of ether oxygens (including phenoxy) is 1. The molecule has 0 aliphatic heterocycles. The Bertz CT molecular complexity index is 391. The fourth-order valence-electron chi connectivity index (χ4n) is 2.31. The molecule has 0 heterocycles. The second-order valence-electron chi connectivity index (χ2n) is 4.87. The fraction of sp³-hybridized carbons (Fsp3) is 0.571. The van der Waals surface area contributed by atoms with Gasteiger partial charge in [0.1, 0.15) is 0 Å². The Hall–Kier alpha value is -1.00. The van der Waals surface area contributed by atoms with E-state index in [0.717, 1.165) is 25.0 Å². The molecular formula is C14H19F2NO. The Morgan fingerprint density at radius 1 is 1.17 bits per heavy atom. The van der Waals surface area contributed by atoms with Crippen LogP contribution in [0.4, 0.5) is 8.78 Å². The minimum Gasteiger partial charge on any atom is -0.376 e. The molecule has 1 saturated carbocycles. The van der Waals surface area contributed by atoms with Gasteiger partial charge in [0.05, 0.1) is 18.8 Å². The average molecular weight is 255 g/mol. The summed E-state index contributed by atoms with van der Waals surface area (Å²) in [6, 6.07) is 3.35. The van der Waals surface area contributed by atoms with Crippen LogP contribution in [0.3, 0.4) is 0 Å². The minimum atomic E-state index is -0.861. The molecule has 1 atom stereocenters. The van der Waals surface area contributed by atoms with Crippen molar-refractivity contribution in [1.29, 1.82) is 0 Å². The van der Waals surface area contributed by atoms with Crippen LogP contribution in [-0.2, 0) is 4.74 Å². The van der Waals surface area contributed by atoms with Crippen LogP contribution in [0.5, 0.6) is 0 Å². The van der Waals surface area contributed by atoms with E-state index >= 15 is 0 Å². The van der Waals surface area contributed by atoms with Gasteiger partial charge in [-0.2, -0.15) is 0 Å². The molecule has 0 bridgehead atoms. The lowest BCUT2D eigenvalue weighted by atomic mass is 9.98. The van der Waals surface area contributed by atoms with Gasteiger partial charge in [-0.1, -0.05) is 25.3 Å². The largest absolute Gasteiger partial charge is 0.376 e. The third-order valence-corrected chi connectivity index (χ3v) is 3.44. The SMILES string of the molecule is NC(COC1CCCCC1)c1ccc(F)c(F)c1. The molecule has 2 nitrogen and oxygen atoms in total. The molecule has 2 rings (SSSR count). The predicted molar refractivity (Wildman–Crippen MR) is 66.1 cm³/mol. The minimum absolute atomic E-state index is 0.273. The second-order valence-corrected chi connectivity index (χ2v) is 4.87. The highest BCUT2D eigenvalue weighted by atomic mass is 19.2. The predicted octanol–water partition coefficient (Wildman–Crippen LogP) is 3.31. The Kier molecular flexibility index (Phi) is 4.66. The van der Waals surface area contributed by atoms with Crippen LogP contribution in [0.25, 0.3) is 0 Å². The first-order valence-electron chi connectivity index (χ1n) is 6.49. The molecule has 2 N–H and O–H groups in total. The third-order valence-electron chi connectivity index (χ3n) is 3.44. The van der Waals surface area contributed by atoms with Crippen molar-refractivity contribution in [3.63, 3.8) is 0 Å². The molecule has 1 aliphatic carbocycles. The van der Waals surface area contributed by atoms with E-state index in [-0.39, 0.29) is 6.10 Å². The number of hydrogen-bond donors (Lipinski definition) is 1. The summed E-state index contributed by atoms with van der Waals surface area (Å²) in [5, 5.41) is 0. The van der Waals surface area contributed by atoms with Gasteiger partial charge in [0.15, 0.2) is 11.6 Å². The van der Waals surface area contributed by atoms with Crippen molar-refractivity contribution in [2.24, 2.45) is 5.73 Å². The van der Waals surface area contributed by atoms with E-state index in [2.05, 4.69) is 0 Å². The van der Waals surface area contributed by atoms with Crippen LogP contribution >= 0.6 is 0 Å². The van der Waals surface area contributed by atoms with Gasteiger partial charge in [-0.3, -0.25) is 0 Å². The summed E-state index contributed by atoms with van der Waals surface area (Å²) in [6.45, 7) is 0.357. The van der Waals surface area contributed by atoms with E-state index in [0.29, 0.717) is 12.2 Å². The van der Waals surface area contributed by atoms with Crippen molar-refractivity contribution >= 4 is 0 Å². The highest BCUT2D eigenvalue weighted by Gasteiger charge is 2.16. The fourth-order valence-corrected chi connectivity index (χ4v) is 2.31. The van der Waals surface area contributed by atoms with E-state index in [4.69, 9.17) is 10.5 Å². The van der Waals surface area contributed by atoms with Crippen LogP contribution in [0, 0.1) is 11.6 Å². The van der Waals surface area contributed by atoms with E-state index < -0.39 is 17.7 Å². The normalized spacial score (nSPS) is 18.8. The summed E-state index contributed by atoms with van der Waals surface area (Å²) >= 11 is 0. The Morgan fingerprint density at radius 3 is 2.56 bits per heavy atom. The van der Waals surface area contributed by atoms with Gasteiger partial charge in [0.2, 0.25) is 0 Å². The summed E-state index contributed by atoms with van der Waals surface area (Å²) in [4.78, 5) is 0. The molecule has 1 unspecified atom stereocenters. The summed E-state index contributed by atoms with van der Waals surface area (Å²) in [5.41, 5.74) is 6.49. The summed E-state index contributed by atoms with van der Waals surface area (Å²) in [6.07, 6.45) is 6.09. The van der Waals surface area contributed by atoms with E-state index in [1.54, 1.807) is 0 Å². The molecule has 0 spiro atoms. The lowest BCUT2D eigenvalue weighted by Gasteiger charge is -2.24. The maximum atomic E-state index is 13.1.